The molecule has 2 aliphatic carbocycles. The number of rotatable bonds is 3. The zero-order valence-electron chi connectivity index (χ0n) is 16.4. The number of aromatic nitrogens is 3. The fourth-order valence-electron chi connectivity index (χ4n) is 4.52. The highest BCUT2D eigenvalue weighted by Crippen LogP contribution is 2.44. The highest BCUT2D eigenvalue weighted by atomic mass is 32.2. The molecule has 2 amide bonds. The van der Waals surface area contributed by atoms with E-state index in [1.165, 1.54) is 10.9 Å². The molecule has 0 fully saturated rings. The van der Waals surface area contributed by atoms with Gasteiger partial charge in [0.2, 0.25) is 5.88 Å². The number of hydrogen-bond acceptors (Lipinski definition) is 6. The van der Waals surface area contributed by atoms with Crippen LogP contribution in [0, 0.1) is 0 Å². The van der Waals surface area contributed by atoms with Gasteiger partial charge in [-0.1, -0.05) is 13.8 Å². The number of anilines is 1. The third kappa shape index (κ3) is 2.88. The lowest BCUT2D eigenvalue weighted by Gasteiger charge is -2.21. The Kier molecular flexibility index (Phi) is 3.93. The van der Waals surface area contributed by atoms with Crippen molar-refractivity contribution in [2.45, 2.75) is 62.8 Å². The van der Waals surface area contributed by atoms with Gasteiger partial charge in [-0.15, -0.1) is 0 Å². The maximum absolute atomic E-state index is 12.7. The first-order valence-corrected chi connectivity index (χ1v) is 11.3. The van der Waals surface area contributed by atoms with Crippen LogP contribution >= 0.6 is 0 Å². The standard InChI is InChI=1S/C19H23N5O4S/c1-19(2)7-6-12-15(11-4-3-5-13(11)21-16(12)19)22-18(25)23-29(26,27)14-10-20-24-8-9-28-17(14)24/h10H,3-9H2,1-2H3,(H2,21,22,23,25). The van der Waals surface area contributed by atoms with Crippen molar-refractivity contribution in [3.63, 3.8) is 0 Å². The maximum atomic E-state index is 12.7. The molecular formula is C19H23N5O4S. The average Bonchev–Trinajstić information content (AvgIpc) is 3.38. The number of amides is 2. The summed E-state index contributed by atoms with van der Waals surface area (Å²) in [6.45, 7) is 5.16. The van der Waals surface area contributed by atoms with Crippen molar-refractivity contribution < 1.29 is 17.9 Å². The molecular weight excluding hydrogens is 394 g/mol. The molecule has 9 nitrogen and oxygen atoms in total. The van der Waals surface area contributed by atoms with E-state index in [2.05, 4.69) is 29.0 Å². The van der Waals surface area contributed by atoms with Gasteiger partial charge in [0.15, 0.2) is 4.90 Å². The quantitative estimate of drug-likeness (QED) is 0.788. The summed E-state index contributed by atoms with van der Waals surface area (Å²) < 4.78 is 34.3. The molecule has 2 aromatic heterocycles. The number of urea groups is 1. The maximum Gasteiger partial charge on any atom is 0.333 e. The summed E-state index contributed by atoms with van der Waals surface area (Å²) in [6, 6.07) is -0.782. The summed E-state index contributed by atoms with van der Waals surface area (Å²) in [4.78, 5) is 17.5. The topological polar surface area (TPSA) is 115 Å². The Labute approximate surface area is 168 Å². The minimum Gasteiger partial charge on any atom is -0.475 e. The first kappa shape index (κ1) is 18.4. The number of sulfonamides is 1. The van der Waals surface area contributed by atoms with E-state index < -0.39 is 16.1 Å². The van der Waals surface area contributed by atoms with Crippen LogP contribution < -0.4 is 14.8 Å². The Morgan fingerprint density at radius 3 is 2.90 bits per heavy atom. The van der Waals surface area contributed by atoms with Gasteiger partial charge in [0.1, 0.15) is 6.61 Å². The normalized spacial score (nSPS) is 18.7. The number of pyridine rings is 1. The molecule has 154 valence electrons. The average molecular weight is 417 g/mol. The largest absolute Gasteiger partial charge is 0.475 e. The predicted octanol–water partition coefficient (Wildman–Crippen LogP) is 1.89. The number of carbonyl (C=O) groups excluding carboxylic acids is 1. The second-order valence-corrected chi connectivity index (χ2v) is 10.1. The molecule has 10 heteroatoms. The monoisotopic (exact) mass is 417 g/mol. The van der Waals surface area contributed by atoms with Crippen LogP contribution in [0.5, 0.6) is 5.88 Å². The van der Waals surface area contributed by atoms with Gasteiger partial charge in [-0.25, -0.2) is 22.6 Å². The Balaban J connectivity index is 1.45. The van der Waals surface area contributed by atoms with E-state index in [0.29, 0.717) is 13.2 Å². The van der Waals surface area contributed by atoms with Gasteiger partial charge >= 0.3 is 6.03 Å². The molecule has 2 N–H and O–H groups in total. The lowest BCUT2D eigenvalue weighted by molar-refractivity contribution is 0.256. The number of hydrogen-bond donors (Lipinski definition) is 2. The van der Waals surface area contributed by atoms with E-state index in [4.69, 9.17) is 9.72 Å². The van der Waals surface area contributed by atoms with Crippen molar-refractivity contribution in [2.75, 3.05) is 11.9 Å². The van der Waals surface area contributed by atoms with Crippen molar-refractivity contribution in [3.05, 3.63) is 28.7 Å². The van der Waals surface area contributed by atoms with Crippen molar-refractivity contribution in [1.29, 1.82) is 0 Å². The van der Waals surface area contributed by atoms with E-state index >= 15 is 0 Å². The molecule has 1 aliphatic heterocycles. The third-order valence-corrected chi connectivity index (χ3v) is 7.34. The molecule has 0 radical (unpaired) electrons. The van der Waals surface area contributed by atoms with Crippen molar-refractivity contribution in [2.24, 2.45) is 0 Å². The molecule has 0 atom stereocenters. The SMILES string of the molecule is CC1(C)CCc2c1nc1c(c2NC(=O)NS(=O)(=O)c2cnn3c2OCC3)CCC1. The molecule has 5 rings (SSSR count). The van der Waals surface area contributed by atoms with Crippen molar-refractivity contribution in [3.8, 4) is 5.88 Å². The molecule has 2 aromatic rings. The fourth-order valence-corrected chi connectivity index (χ4v) is 5.51. The number of aryl methyl sites for hydroxylation is 1. The van der Waals surface area contributed by atoms with Crippen LogP contribution in [0.3, 0.4) is 0 Å². The van der Waals surface area contributed by atoms with Crippen LogP contribution in [-0.4, -0.2) is 35.8 Å². The number of nitrogens with zero attached hydrogens (tertiary/aromatic N) is 3. The summed E-state index contributed by atoms with van der Waals surface area (Å²) in [5, 5.41) is 6.83. The number of nitrogens with one attached hydrogen (secondary N) is 2. The number of ether oxygens (including phenoxy) is 1. The van der Waals surface area contributed by atoms with Crippen LogP contribution in [0.1, 0.15) is 49.2 Å². The van der Waals surface area contributed by atoms with Gasteiger partial charge < -0.3 is 10.1 Å². The summed E-state index contributed by atoms with van der Waals surface area (Å²) in [5.41, 5.74) is 4.76. The van der Waals surface area contributed by atoms with Crippen LogP contribution in [0.15, 0.2) is 11.1 Å². The lowest BCUT2D eigenvalue weighted by Crippen LogP contribution is -2.35. The highest BCUT2D eigenvalue weighted by Gasteiger charge is 2.37. The smallest absolute Gasteiger partial charge is 0.333 e. The Hall–Kier alpha value is -2.62. The zero-order chi connectivity index (χ0) is 20.4. The molecule has 0 spiro atoms. The van der Waals surface area contributed by atoms with Gasteiger partial charge in [-0.2, -0.15) is 5.10 Å². The van der Waals surface area contributed by atoms with Crippen molar-refractivity contribution >= 4 is 21.7 Å². The lowest BCUT2D eigenvalue weighted by atomic mass is 9.90. The van der Waals surface area contributed by atoms with Gasteiger partial charge in [0, 0.05) is 11.1 Å². The molecule has 29 heavy (non-hydrogen) atoms. The van der Waals surface area contributed by atoms with E-state index in [1.807, 2.05) is 0 Å². The van der Waals surface area contributed by atoms with Gasteiger partial charge in [0.25, 0.3) is 10.0 Å². The first-order chi connectivity index (χ1) is 13.8. The highest BCUT2D eigenvalue weighted by molar-refractivity contribution is 7.90. The van der Waals surface area contributed by atoms with Crippen LogP contribution in [0.2, 0.25) is 0 Å². The van der Waals surface area contributed by atoms with Crippen LogP contribution in [0.4, 0.5) is 10.5 Å². The Bertz CT molecular complexity index is 1140. The molecule has 3 heterocycles. The molecule has 0 unspecified atom stereocenters. The Morgan fingerprint density at radius 2 is 2.07 bits per heavy atom. The van der Waals surface area contributed by atoms with Gasteiger partial charge in [-0.05, 0) is 43.2 Å². The van der Waals surface area contributed by atoms with E-state index in [1.54, 1.807) is 0 Å². The minimum atomic E-state index is -4.10. The number of fused-ring (bicyclic) bond motifs is 3. The summed E-state index contributed by atoms with van der Waals surface area (Å²) >= 11 is 0. The second-order valence-electron chi connectivity index (χ2n) is 8.42. The van der Waals surface area contributed by atoms with E-state index in [0.717, 1.165) is 60.3 Å². The zero-order valence-corrected chi connectivity index (χ0v) is 17.2. The molecule has 0 bridgehead atoms. The van der Waals surface area contributed by atoms with Crippen LogP contribution in [0.25, 0.3) is 0 Å². The predicted molar refractivity (Wildman–Crippen MR) is 105 cm³/mol. The van der Waals surface area contributed by atoms with Gasteiger partial charge in [0.05, 0.1) is 24.1 Å². The summed E-state index contributed by atoms with van der Waals surface area (Å²) in [6.07, 6.45) is 5.67. The van der Waals surface area contributed by atoms with Crippen LogP contribution in [-0.2, 0) is 41.2 Å². The molecule has 3 aliphatic rings. The molecule has 0 aromatic carbocycles. The summed E-state index contributed by atoms with van der Waals surface area (Å²) in [5.74, 6) is 0.165. The third-order valence-electron chi connectivity index (χ3n) is 6.02. The van der Waals surface area contributed by atoms with Crippen molar-refractivity contribution in [1.82, 2.24) is 19.5 Å². The van der Waals surface area contributed by atoms with E-state index in [9.17, 15) is 13.2 Å². The fraction of sp³-hybridized carbons (Fsp3) is 0.526. The summed E-state index contributed by atoms with van der Waals surface area (Å²) in [7, 11) is -4.10. The molecule has 0 saturated carbocycles. The van der Waals surface area contributed by atoms with Gasteiger partial charge in [-0.3, -0.25) is 4.98 Å². The number of carbonyl (C=O) groups is 1. The molecule has 0 saturated heterocycles. The Morgan fingerprint density at radius 1 is 1.24 bits per heavy atom. The second kappa shape index (κ2) is 6.19. The van der Waals surface area contributed by atoms with E-state index in [-0.39, 0.29) is 16.2 Å². The minimum absolute atomic E-state index is 0.0536. The first-order valence-electron chi connectivity index (χ1n) is 9.84.